The molecule has 3 aromatic heterocycles. The van der Waals surface area contributed by atoms with E-state index in [0.717, 1.165) is 21.2 Å². The summed E-state index contributed by atoms with van der Waals surface area (Å²) in [4.78, 5) is 46.3. The SMILES string of the molecule is CC1=CC(=O)N(Nc2nc(-c3cccs3)nc3sc(C(N)=O)cc23)C1=O. The van der Waals surface area contributed by atoms with Crippen LogP contribution in [0.2, 0.25) is 0 Å². The van der Waals surface area contributed by atoms with Crippen LogP contribution in [0.5, 0.6) is 0 Å². The Bertz CT molecular complexity index is 1100. The molecule has 3 amide bonds. The highest BCUT2D eigenvalue weighted by atomic mass is 32.1. The van der Waals surface area contributed by atoms with E-state index < -0.39 is 17.7 Å². The average molecular weight is 385 g/mol. The van der Waals surface area contributed by atoms with Crippen LogP contribution in [0.1, 0.15) is 16.6 Å². The van der Waals surface area contributed by atoms with Crippen LogP contribution in [-0.2, 0) is 9.59 Å². The van der Waals surface area contributed by atoms with E-state index in [-0.39, 0.29) is 5.82 Å². The molecular weight excluding hydrogens is 374 g/mol. The Morgan fingerprint density at radius 1 is 1.31 bits per heavy atom. The number of nitrogens with one attached hydrogen (secondary N) is 1. The number of nitrogens with two attached hydrogens (primary N) is 1. The number of thiophene rings is 2. The number of rotatable bonds is 4. The molecule has 0 spiro atoms. The highest BCUT2D eigenvalue weighted by Crippen LogP contribution is 2.33. The van der Waals surface area contributed by atoms with Gasteiger partial charge in [-0.1, -0.05) is 6.07 Å². The number of hydrogen-bond donors (Lipinski definition) is 2. The summed E-state index contributed by atoms with van der Waals surface area (Å²) in [5.41, 5.74) is 8.45. The molecule has 0 saturated carbocycles. The summed E-state index contributed by atoms with van der Waals surface area (Å²) in [5, 5.41) is 3.28. The molecule has 0 unspecified atom stereocenters. The molecule has 8 nitrogen and oxygen atoms in total. The molecule has 0 aliphatic carbocycles. The van der Waals surface area contributed by atoms with Crippen molar-refractivity contribution in [2.24, 2.45) is 5.73 Å². The fourth-order valence-corrected chi connectivity index (χ4v) is 3.98. The number of imide groups is 1. The van der Waals surface area contributed by atoms with Gasteiger partial charge in [0, 0.05) is 11.6 Å². The maximum absolute atomic E-state index is 12.1. The van der Waals surface area contributed by atoms with Crippen molar-refractivity contribution in [1.82, 2.24) is 15.0 Å². The fraction of sp³-hybridized carbons (Fsp3) is 0.0625. The second-order valence-corrected chi connectivity index (χ2v) is 7.46. The number of carbonyl (C=O) groups is 3. The average Bonchev–Trinajstić information content (AvgIpc) is 3.31. The van der Waals surface area contributed by atoms with Gasteiger partial charge < -0.3 is 5.73 Å². The molecule has 0 fully saturated rings. The van der Waals surface area contributed by atoms with Gasteiger partial charge in [0.1, 0.15) is 4.83 Å². The van der Waals surface area contributed by atoms with Gasteiger partial charge in [-0.25, -0.2) is 9.97 Å². The third-order valence-electron chi connectivity index (χ3n) is 3.70. The molecular formula is C16H11N5O3S2. The second-order valence-electron chi connectivity index (χ2n) is 5.48. The van der Waals surface area contributed by atoms with E-state index in [9.17, 15) is 14.4 Å². The third kappa shape index (κ3) is 2.65. The summed E-state index contributed by atoms with van der Waals surface area (Å²) < 4.78 is 0. The van der Waals surface area contributed by atoms with Crippen molar-refractivity contribution in [3.63, 3.8) is 0 Å². The Morgan fingerprint density at radius 3 is 2.73 bits per heavy atom. The highest BCUT2D eigenvalue weighted by Gasteiger charge is 2.30. The minimum atomic E-state index is -0.581. The van der Waals surface area contributed by atoms with Gasteiger partial charge in [-0.3, -0.25) is 19.8 Å². The summed E-state index contributed by atoms with van der Waals surface area (Å²) in [6.45, 7) is 1.56. The lowest BCUT2D eigenvalue weighted by molar-refractivity contribution is -0.135. The van der Waals surface area contributed by atoms with Crippen molar-refractivity contribution >= 4 is 56.4 Å². The Morgan fingerprint density at radius 2 is 2.12 bits per heavy atom. The number of anilines is 1. The number of hydrazine groups is 1. The Hall–Kier alpha value is -3.11. The van der Waals surface area contributed by atoms with Crippen LogP contribution in [0.25, 0.3) is 20.9 Å². The van der Waals surface area contributed by atoms with Crippen LogP contribution >= 0.6 is 22.7 Å². The van der Waals surface area contributed by atoms with Crippen molar-refractivity contribution < 1.29 is 14.4 Å². The zero-order chi connectivity index (χ0) is 18.4. The lowest BCUT2D eigenvalue weighted by Crippen LogP contribution is -2.36. The van der Waals surface area contributed by atoms with Crippen molar-refractivity contribution in [1.29, 1.82) is 0 Å². The molecule has 0 saturated heterocycles. The minimum Gasteiger partial charge on any atom is -0.365 e. The van der Waals surface area contributed by atoms with Crippen molar-refractivity contribution in [2.45, 2.75) is 6.92 Å². The Balaban J connectivity index is 1.85. The number of amides is 3. The van der Waals surface area contributed by atoms with E-state index in [4.69, 9.17) is 5.73 Å². The topological polar surface area (TPSA) is 118 Å². The quantitative estimate of drug-likeness (QED) is 0.665. The predicted molar refractivity (Wildman–Crippen MR) is 98.5 cm³/mol. The van der Waals surface area contributed by atoms with Gasteiger partial charge in [0.25, 0.3) is 17.7 Å². The van der Waals surface area contributed by atoms with Gasteiger partial charge in [0.15, 0.2) is 11.6 Å². The minimum absolute atomic E-state index is 0.256. The second kappa shape index (κ2) is 6.00. The molecule has 0 bridgehead atoms. The maximum atomic E-state index is 12.1. The Kier molecular flexibility index (Phi) is 3.78. The summed E-state index contributed by atoms with van der Waals surface area (Å²) in [6.07, 6.45) is 1.25. The normalized spacial score (nSPS) is 14.2. The summed E-state index contributed by atoms with van der Waals surface area (Å²) in [5.74, 6) is -0.835. The molecule has 26 heavy (non-hydrogen) atoms. The molecule has 130 valence electrons. The number of carbonyl (C=O) groups excluding carboxylic acids is 3. The van der Waals surface area contributed by atoms with Gasteiger partial charge in [-0.2, -0.15) is 5.01 Å². The summed E-state index contributed by atoms with van der Waals surface area (Å²) in [6, 6.07) is 5.27. The van der Waals surface area contributed by atoms with Crippen LogP contribution in [0, 0.1) is 0 Å². The zero-order valence-electron chi connectivity index (χ0n) is 13.3. The maximum Gasteiger partial charge on any atom is 0.275 e. The van der Waals surface area contributed by atoms with E-state index in [1.54, 1.807) is 13.0 Å². The number of fused-ring (bicyclic) bond motifs is 1. The molecule has 3 aromatic rings. The molecule has 3 N–H and O–H groups in total. The smallest absolute Gasteiger partial charge is 0.275 e. The first-order chi connectivity index (χ1) is 12.4. The van der Waals surface area contributed by atoms with Crippen molar-refractivity contribution in [3.8, 4) is 10.7 Å². The van der Waals surface area contributed by atoms with Crippen molar-refractivity contribution in [3.05, 3.63) is 40.1 Å². The van der Waals surface area contributed by atoms with E-state index in [2.05, 4.69) is 15.4 Å². The lowest BCUT2D eigenvalue weighted by Gasteiger charge is -2.17. The van der Waals surface area contributed by atoms with E-state index in [1.807, 2.05) is 17.5 Å². The van der Waals surface area contributed by atoms with Gasteiger partial charge in [0.2, 0.25) is 0 Å². The van der Waals surface area contributed by atoms with Crippen LogP contribution in [-0.4, -0.2) is 32.7 Å². The first-order valence-electron chi connectivity index (χ1n) is 7.42. The van der Waals surface area contributed by atoms with Gasteiger partial charge in [-0.15, -0.1) is 22.7 Å². The van der Waals surface area contributed by atoms with Crippen LogP contribution in [0.3, 0.4) is 0 Å². The van der Waals surface area contributed by atoms with Crippen LogP contribution in [0.4, 0.5) is 5.82 Å². The largest absolute Gasteiger partial charge is 0.365 e. The standard InChI is InChI=1S/C16H11N5O3S2/c1-7-5-11(22)21(16(7)24)20-13-8-6-10(12(17)23)26-15(8)19-14(18-13)9-3-2-4-25-9/h2-6H,1H3,(H2,17,23)(H,18,19,20). The van der Waals surface area contributed by atoms with Gasteiger partial charge in [-0.05, 0) is 24.4 Å². The number of nitrogens with zero attached hydrogens (tertiary/aromatic N) is 3. The third-order valence-corrected chi connectivity index (χ3v) is 5.60. The summed E-state index contributed by atoms with van der Waals surface area (Å²) >= 11 is 2.58. The molecule has 0 aromatic carbocycles. The molecule has 10 heteroatoms. The van der Waals surface area contributed by atoms with Gasteiger partial charge >= 0.3 is 0 Å². The molecule has 4 heterocycles. The lowest BCUT2D eigenvalue weighted by atomic mass is 10.3. The molecule has 4 rings (SSSR count). The molecule has 0 radical (unpaired) electrons. The molecule has 1 aliphatic rings. The first-order valence-corrected chi connectivity index (χ1v) is 9.12. The van der Waals surface area contributed by atoms with Crippen molar-refractivity contribution in [2.75, 3.05) is 5.43 Å². The number of primary amides is 1. The van der Waals surface area contributed by atoms with Gasteiger partial charge in [0.05, 0.1) is 15.1 Å². The highest BCUT2D eigenvalue weighted by molar-refractivity contribution is 7.20. The van der Waals surface area contributed by atoms with E-state index >= 15 is 0 Å². The monoisotopic (exact) mass is 385 g/mol. The fourth-order valence-electron chi connectivity index (χ4n) is 2.44. The van der Waals surface area contributed by atoms with Crippen LogP contribution < -0.4 is 11.2 Å². The first kappa shape index (κ1) is 16.4. The Labute approximate surface area is 154 Å². The molecule has 1 aliphatic heterocycles. The van der Waals surface area contributed by atoms with Crippen LogP contribution in [0.15, 0.2) is 35.2 Å². The molecule has 0 atom stereocenters. The predicted octanol–water partition coefficient (Wildman–Crippen LogP) is 2.16. The zero-order valence-corrected chi connectivity index (χ0v) is 15.0. The summed E-state index contributed by atoms with van der Waals surface area (Å²) in [7, 11) is 0. The van der Waals surface area contributed by atoms with E-state index in [1.165, 1.54) is 17.4 Å². The number of hydrogen-bond acceptors (Lipinski definition) is 8. The number of aromatic nitrogens is 2. The van der Waals surface area contributed by atoms with E-state index in [0.29, 0.717) is 26.5 Å².